The maximum absolute atomic E-state index is 13.8. The lowest BCUT2D eigenvalue weighted by Crippen LogP contribution is -2.34. The van der Waals surface area contributed by atoms with E-state index in [1.165, 1.54) is 11.1 Å². The van der Waals surface area contributed by atoms with Gasteiger partial charge in [-0.25, -0.2) is 4.39 Å². The number of fused-ring (bicyclic) bond motifs is 1. The Bertz CT molecular complexity index is 612. The number of aryl methyl sites for hydroxylation is 1. The van der Waals surface area contributed by atoms with Gasteiger partial charge in [-0.3, -0.25) is 0 Å². The molecule has 0 amide bonds. The molecule has 0 aliphatic heterocycles. The third-order valence-electron chi connectivity index (χ3n) is 3.96. The number of nitrogens with one attached hydrogen (secondary N) is 1. The number of hydrogen-bond donors (Lipinski definition) is 1. The topological polar surface area (TPSA) is 12.0 Å². The summed E-state index contributed by atoms with van der Waals surface area (Å²) in [6.07, 6.45) is 3.20. The molecule has 1 aliphatic rings. The first-order chi connectivity index (χ1) is 9.74. The number of halogens is 2. The maximum Gasteiger partial charge on any atom is 0.146 e. The normalized spacial score (nSPS) is 17.8. The van der Waals surface area contributed by atoms with Crippen LogP contribution in [0.3, 0.4) is 0 Å². The van der Waals surface area contributed by atoms with Gasteiger partial charge in [0.2, 0.25) is 0 Å². The van der Waals surface area contributed by atoms with E-state index >= 15 is 0 Å². The van der Waals surface area contributed by atoms with E-state index in [0.717, 1.165) is 19.3 Å². The second-order valence-electron chi connectivity index (χ2n) is 5.30. The van der Waals surface area contributed by atoms with Gasteiger partial charge >= 0.3 is 0 Å². The smallest absolute Gasteiger partial charge is 0.146 e. The third kappa shape index (κ3) is 2.87. The summed E-state index contributed by atoms with van der Waals surface area (Å²) in [7, 11) is 0. The van der Waals surface area contributed by atoms with E-state index in [2.05, 4.69) is 29.6 Å². The van der Waals surface area contributed by atoms with E-state index in [4.69, 9.17) is 11.6 Å². The van der Waals surface area contributed by atoms with Gasteiger partial charge in [0.25, 0.3) is 0 Å². The largest absolute Gasteiger partial charge is 0.309 e. The van der Waals surface area contributed by atoms with Crippen LogP contribution in [0.1, 0.15) is 23.1 Å². The number of hydrogen-bond acceptors (Lipinski definition) is 1. The molecule has 0 saturated heterocycles. The molecular weight excluding hydrogens is 273 g/mol. The highest BCUT2D eigenvalue weighted by atomic mass is 35.5. The first-order valence-corrected chi connectivity index (χ1v) is 7.35. The minimum atomic E-state index is -0.308. The zero-order valence-corrected chi connectivity index (χ0v) is 12.0. The Hall–Kier alpha value is -1.38. The molecule has 0 heterocycles. The lowest BCUT2D eigenvalue weighted by Gasteiger charge is -2.25. The van der Waals surface area contributed by atoms with Crippen LogP contribution in [0.4, 0.5) is 4.39 Å². The van der Waals surface area contributed by atoms with Crippen molar-refractivity contribution in [2.75, 3.05) is 0 Å². The summed E-state index contributed by atoms with van der Waals surface area (Å²) in [4.78, 5) is 0. The molecule has 1 N–H and O–H groups in total. The highest BCUT2D eigenvalue weighted by molar-refractivity contribution is 6.30. The van der Waals surface area contributed by atoms with Crippen LogP contribution in [0.5, 0.6) is 0 Å². The van der Waals surface area contributed by atoms with E-state index in [0.29, 0.717) is 18.2 Å². The van der Waals surface area contributed by atoms with Gasteiger partial charge in [-0.05, 0) is 36.5 Å². The van der Waals surface area contributed by atoms with Crippen LogP contribution in [0.2, 0.25) is 5.02 Å². The number of rotatable bonds is 3. The Morgan fingerprint density at radius 2 is 1.90 bits per heavy atom. The summed E-state index contributed by atoms with van der Waals surface area (Å²) in [6.45, 7) is 0.527. The van der Waals surface area contributed by atoms with Gasteiger partial charge < -0.3 is 5.32 Å². The monoisotopic (exact) mass is 289 g/mol. The quantitative estimate of drug-likeness (QED) is 0.896. The zero-order chi connectivity index (χ0) is 13.9. The first kappa shape index (κ1) is 13.6. The lowest BCUT2D eigenvalue weighted by molar-refractivity contribution is 0.451. The molecule has 0 radical (unpaired) electrons. The third-order valence-corrected chi connectivity index (χ3v) is 4.25. The zero-order valence-electron chi connectivity index (χ0n) is 11.2. The molecule has 104 valence electrons. The first-order valence-electron chi connectivity index (χ1n) is 6.97. The predicted molar refractivity (Wildman–Crippen MR) is 80.5 cm³/mol. The van der Waals surface area contributed by atoms with Crippen LogP contribution in [0, 0.1) is 5.82 Å². The van der Waals surface area contributed by atoms with E-state index in [-0.39, 0.29) is 10.8 Å². The Morgan fingerprint density at radius 3 is 2.75 bits per heavy atom. The van der Waals surface area contributed by atoms with Crippen LogP contribution in [-0.2, 0) is 19.4 Å². The van der Waals surface area contributed by atoms with Crippen LogP contribution >= 0.6 is 11.6 Å². The van der Waals surface area contributed by atoms with E-state index in [1.54, 1.807) is 18.2 Å². The fourth-order valence-electron chi connectivity index (χ4n) is 2.81. The van der Waals surface area contributed by atoms with E-state index in [9.17, 15) is 4.39 Å². The van der Waals surface area contributed by atoms with Crippen molar-refractivity contribution in [3.05, 3.63) is 70.0 Å². The lowest BCUT2D eigenvalue weighted by atomic mass is 9.88. The van der Waals surface area contributed by atoms with Crippen molar-refractivity contribution in [3.63, 3.8) is 0 Å². The van der Waals surface area contributed by atoms with Crippen LogP contribution in [0.25, 0.3) is 0 Å². The summed E-state index contributed by atoms with van der Waals surface area (Å²) in [5.41, 5.74) is 3.48. The number of benzene rings is 2. The molecule has 2 aromatic rings. The van der Waals surface area contributed by atoms with Gasteiger partial charge in [0, 0.05) is 18.2 Å². The summed E-state index contributed by atoms with van der Waals surface area (Å²) >= 11 is 5.80. The van der Waals surface area contributed by atoms with Gasteiger partial charge in [0.05, 0.1) is 5.02 Å². The Labute approximate surface area is 123 Å². The molecule has 0 bridgehead atoms. The van der Waals surface area contributed by atoms with Crippen molar-refractivity contribution in [1.29, 1.82) is 0 Å². The molecule has 0 aromatic heterocycles. The van der Waals surface area contributed by atoms with Crippen molar-refractivity contribution in [1.82, 2.24) is 5.32 Å². The van der Waals surface area contributed by atoms with Crippen LogP contribution in [-0.4, -0.2) is 6.04 Å². The van der Waals surface area contributed by atoms with Gasteiger partial charge in [0.1, 0.15) is 5.82 Å². The summed E-state index contributed by atoms with van der Waals surface area (Å²) in [6, 6.07) is 14.1. The van der Waals surface area contributed by atoms with Crippen molar-refractivity contribution >= 4 is 11.6 Å². The molecular formula is C17H17ClFN. The molecule has 0 spiro atoms. The summed E-state index contributed by atoms with van der Waals surface area (Å²) < 4.78 is 13.8. The second-order valence-corrected chi connectivity index (χ2v) is 5.71. The molecule has 2 aromatic carbocycles. The Morgan fingerprint density at radius 1 is 1.10 bits per heavy atom. The highest BCUT2D eigenvalue weighted by Gasteiger charge is 2.18. The fourth-order valence-corrected chi connectivity index (χ4v) is 3.01. The van der Waals surface area contributed by atoms with Crippen molar-refractivity contribution < 1.29 is 4.39 Å². The summed E-state index contributed by atoms with van der Waals surface area (Å²) in [5, 5.41) is 3.64. The fraction of sp³-hybridized carbons (Fsp3) is 0.294. The van der Waals surface area contributed by atoms with Crippen molar-refractivity contribution in [3.8, 4) is 0 Å². The standard InChI is InChI=1S/C17H17ClFN/c18-16-7-3-6-14(17(16)19)11-20-15-9-8-12-4-1-2-5-13(12)10-15/h1-7,15,20H,8-11H2. The second kappa shape index (κ2) is 5.94. The van der Waals surface area contributed by atoms with Crippen molar-refractivity contribution in [2.45, 2.75) is 31.8 Å². The minimum Gasteiger partial charge on any atom is -0.309 e. The molecule has 1 aliphatic carbocycles. The molecule has 20 heavy (non-hydrogen) atoms. The molecule has 3 rings (SSSR count). The van der Waals surface area contributed by atoms with Gasteiger partial charge in [-0.15, -0.1) is 0 Å². The molecule has 0 fully saturated rings. The Kier molecular flexibility index (Phi) is 4.04. The van der Waals surface area contributed by atoms with Gasteiger partial charge in [-0.2, -0.15) is 0 Å². The van der Waals surface area contributed by atoms with E-state index in [1.807, 2.05) is 0 Å². The van der Waals surface area contributed by atoms with Crippen LogP contribution < -0.4 is 5.32 Å². The molecule has 3 heteroatoms. The average Bonchev–Trinajstić information content (AvgIpc) is 2.48. The maximum atomic E-state index is 13.8. The van der Waals surface area contributed by atoms with Crippen molar-refractivity contribution in [2.24, 2.45) is 0 Å². The molecule has 1 unspecified atom stereocenters. The van der Waals surface area contributed by atoms with Gasteiger partial charge in [0.15, 0.2) is 0 Å². The highest BCUT2D eigenvalue weighted by Crippen LogP contribution is 2.22. The minimum absolute atomic E-state index is 0.193. The Balaban J connectivity index is 1.64. The molecule has 1 nitrogen and oxygen atoms in total. The SMILES string of the molecule is Fc1c(Cl)cccc1CNC1CCc2ccccc2C1. The molecule has 1 atom stereocenters. The predicted octanol–water partition coefficient (Wildman–Crippen LogP) is 4.13. The molecule has 0 saturated carbocycles. The average molecular weight is 290 g/mol. The van der Waals surface area contributed by atoms with Crippen LogP contribution in [0.15, 0.2) is 42.5 Å². The van der Waals surface area contributed by atoms with Gasteiger partial charge in [-0.1, -0.05) is 48.0 Å². The van der Waals surface area contributed by atoms with E-state index < -0.39 is 0 Å². The summed E-state index contributed by atoms with van der Waals surface area (Å²) in [5.74, 6) is -0.308.